The number of amides is 3. The predicted molar refractivity (Wildman–Crippen MR) is 116 cm³/mol. The molecule has 0 aliphatic carbocycles. The van der Waals surface area contributed by atoms with Gasteiger partial charge in [-0.15, -0.1) is 0 Å². The highest BCUT2D eigenvalue weighted by Crippen LogP contribution is 2.14. The third kappa shape index (κ3) is 8.32. The Balaban J connectivity index is 1.75. The van der Waals surface area contributed by atoms with E-state index >= 15 is 0 Å². The number of hydrogen-bond donors (Lipinski definition) is 3. The molecule has 0 unspecified atom stereocenters. The molecule has 0 fully saturated rings. The maximum Gasteiger partial charge on any atom is 0.329 e. The van der Waals surface area contributed by atoms with E-state index in [1.807, 2.05) is 13.8 Å². The van der Waals surface area contributed by atoms with Crippen LogP contribution in [0.4, 0.5) is 5.69 Å². The van der Waals surface area contributed by atoms with Crippen molar-refractivity contribution >= 4 is 41.2 Å². The largest absolute Gasteiger partial charge is 0.484 e. The molecule has 3 N–H and O–H groups in total. The Morgan fingerprint density at radius 1 is 1.03 bits per heavy atom. The zero-order valence-corrected chi connectivity index (χ0v) is 17.4. The first-order chi connectivity index (χ1) is 14.3. The molecule has 0 aliphatic heterocycles. The van der Waals surface area contributed by atoms with Crippen LogP contribution in [0.2, 0.25) is 5.02 Å². The number of ether oxygens (including phenoxy) is 1. The van der Waals surface area contributed by atoms with E-state index in [4.69, 9.17) is 16.3 Å². The second-order valence-corrected chi connectivity index (χ2v) is 7.15. The third-order valence-electron chi connectivity index (χ3n) is 3.63. The van der Waals surface area contributed by atoms with Gasteiger partial charge in [-0.2, -0.15) is 5.10 Å². The molecular weight excluding hydrogens is 408 g/mol. The fourth-order valence-electron chi connectivity index (χ4n) is 2.12. The molecule has 2 aromatic rings. The van der Waals surface area contributed by atoms with E-state index < -0.39 is 11.8 Å². The van der Waals surface area contributed by atoms with Crippen LogP contribution in [0.25, 0.3) is 0 Å². The van der Waals surface area contributed by atoms with Crippen LogP contribution < -0.4 is 20.8 Å². The molecule has 0 spiro atoms. The topological polar surface area (TPSA) is 109 Å². The highest BCUT2D eigenvalue weighted by Gasteiger charge is 2.12. The number of benzene rings is 2. The quantitative estimate of drug-likeness (QED) is 0.339. The molecule has 2 rings (SSSR count). The minimum Gasteiger partial charge on any atom is -0.484 e. The molecular formula is C21H23ClN4O4. The summed E-state index contributed by atoms with van der Waals surface area (Å²) >= 11 is 5.80. The summed E-state index contributed by atoms with van der Waals surface area (Å²) in [5.74, 6) is -1.13. The molecule has 9 heteroatoms. The van der Waals surface area contributed by atoms with Gasteiger partial charge in [0.15, 0.2) is 6.61 Å². The van der Waals surface area contributed by atoms with Gasteiger partial charge in [-0.3, -0.25) is 14.4 Å². The van der Waals surface area contributed by atoms with Gasteiger partial charge >= 0.3 is 11.8 Å². The van der Waals surface area contributed by atoms with Crippen molar-refractivity contribution in [1.82, 2.24) is 10.7 Å². The van der Waals surface area contributed by atoms with Crippen molar-refractivity contribution in [3.8, 4) is 5.75 Å². The average Bonchev–Trinajstić information content (AvgIpc) is 2.73. The summed E-state index contributed by atoms with van der Waals surface area (Å²) in [6.07, 6.45) is 1.39. The van der Waals surface area contributed by atoms with Crippen LogP contribution in [-0.2, 0) is 14.4 Å². The maximum absolute atomic E-state index is 11.9. The standard InChI is InChI=1S/C21H23ClN4O4/c1-14(2)11-23-20(28)21(29)26-24-12-15-3-9-18(10-4-15)30-13-19(27)25-17-7-5-16(22)6-8-17/h3-10,12,14H,11,13H2,1-2H3,(H,23,28)(H,25,27)(H,26,29)/b24-12-. The van der Waals surface area contributed by atoms with Gasteiger partial charge in [-0.05, 0) is 60.0 Å². The highest BCUT2D eigenvalue weighted by atomic mass is 35.5. The molecule has 0 bridgehead atoms. The van der Waals surface area contributed by atoms with E-state index in [1.54, 1.807) is 48.5 Å². The zero-order valence-electron chi connectivity index (χ0n) is 16.6. The molecule has 2 aromatic carbocycles. The van der Waals surface area contributed by atoms with Gasteiger partial charge in [0.25, 0.3) is 5.91 Å². The smallest absolute Gasteiger partial charge is 0.329 e. The van der Waals surface area contributed by atoms with Crippen molar-refractivity contribution < 1.29 is 19.1 Å². The normalized spacial score (nSPS) is 10.7. The number of halogens is 1. The van der Waals surface area contributed by atoms with E-state index in [1.165, 1.54) is 6.21 Å². The number of hydrazone groups is 1. The molecule has 8 nitrogen and oxygen atoms in total. The van der Waals surface area contributed by atoms with Crippen LogP contribution in [0.15, 0.2) is 53.6 Å². The second-order valence-electron chi connectivity index (χ2n) is 6.72. The fraction of sp³-hybridized carbons (Fsp3) is 0.238. The third-order valence-corrected chi connectivity index (χ3v) is 3.89. The lowest BCUT2D eigenvalue weighted by atomic mass is 10.2. The van der Waals surface area contributed by atoms with Gasteiger partial charge in [0.1, 0.15) is 5.75 Å². The summed E-state index contributed by atoms with van der Waals surface area (Å²) in [6, 6.07) is 13.5. The summed E-state index contributed by atoms with van der Waals surface area (Å²) in [7, 11) is 0. The number of carbonyl (C=O) groups is 3. The SMILES string of the molecule is CC(C)CNC(=O)C(=O)N/N=C\c1ccc(OCC(=O)Nc2ccc(Cl)cc2)cc1. The van der Waals surface area contributed by atoms with E-state index in [9.17, 15) is 14.4 Å². The Bertz CT molecular complexity index is 896. The Hall–Kier alpha value is -3.39. The number of nitrogens with zero attached hydrogens (tertiary/aromatic N) is 1. The number of nitrogens with one attached hydrogen (secondary N) is 3. The second kappa shape index (κ2) is 11.6. The van der Waals surface area contributed by atoms with Crippen molar-refractivity contribution in [2.75, 3.05) is 18.5 Å². The van der Waals surface area contributed by atoms with E-state index in [0.29, 0.717) is 28.6 Å². The summed E-state index contributed by atoms with van der Waals surface area (Å²) in [4.78, 5) is 35.1. The Labute approximate surface area is 179 Å². The summed E-state index contributed by atoms with van der Waals surface area (Å²) in [5, 5.41) is 9.53. The van der Waals surface area contributed by atoms with Crippen LogP contribution >= 0.6 is 11.6 Å². The molecule has 0 radical (unpaired) electrons. The molecule has 0 atom stereocenters. The van der Waals surface area contributed by atoms with Crippen LogP contribution in [-0.4, -0.2) is 37.1 Å². The number of anilines is 1. The Morgan fingerprint density at radius 3 is 2.33 bits per heavy atom. The summed E-state index contributed by atoms with van der Waals surface area (Å²) in [5.41, 5.74) is 3.46. The zero-order chi connectivity index (χ0) is 21.9. The van der Waals surface area contributed by atoms with Gasteiger partial charge in [0, 0.05) is 17.3 Å². The Morgan fingerprint density at radius 2 is 1.70 bits per heavy atom. The van der Waals surface area contributed by atoms with Crippen molar-refractivity contribution in [1.29, 1.82) is 0 Å². The van der Waals surface area contributed by atoms with Gasteiger partial charge < -0.3 is 15.4 Å². The van der Waals surface area contributed by atoms with Gasteiger partial charge in [0.2, 0.25) is 0 Å². The average molecular weight is 431 g/mol. The van der Waals surface area contributed by atoms with E-state index in [2.05, 4.69) is 21.2 Å². The van der Waals surface area contributed by atoms with E-state index in [0.717, 1.165) is 0 Å². The molecule has 0 aromatic heterocycles. The minimum absolute atomic E-state index is 0.155. The molecule has 30 heavy (non-hydrogen) atoms. The predicted octanol–water partition coefficient (Wildman–Crippen LogP) is 2.58. The van der Waals surface area contributed by atoms with Crippen molar-refractivity contribution in [3.63, 3.8) is 0 Å². The Kier molecular flexibility index (Phi) is 8.83. The van der Waals surface area contributed by atoms with Crippen molar-refractivity contribution in [2.45, 2.75) is 13.8 Å². The van der Waals surface area contributed by atoms with Crippen molar-refractivity contribution in [3.05, 3.63) is 59.1 Å². The van der Waals surface area contributed by atoms with Gasteiger partial charge in [0.05, 0.1) is 6.21 Å². The summed E-state index contributed by atoms with van der Waals surface area (Å²) in [6.45, 7) is 4.11. The number of carbonyl (C=O) groups excluding carboxylic acids is 3. The molecule has 158 valence electrons. The lowest BCUT2D eigenvalue weighted by Crippen LogP contribution is -2.39. The monoisotopic (exact) mass is 430 g/mol. The molecule has 0 aliphatic rings. The molecule has 0 heterocycles. The number of rotatable bonds is 8. The lowest BCUT2D eigenvalue weighted by molar-refractivity contribution is -0.139. The molecule has 0 saturated heterocycles. The van der Waals surface area contributed by atoms with Crippen LogP contribution in [0.1, 0.15) is 19.4 Å². The van der Waals surface area contributed by atoms with Crippen LogP contribution in [0.3, 0.4) is 0 Å². The van der Waals surface area contributed by atoms with Crippen LogP contribution in [0.5, 0.6) is 5.75 Å². The first-order valence-corrected chi connectivity index (χ1v) is 9.61. The lowest BCUT2D eigenvalue weighted by Gasteiger charge is -2.08. The minimum atomic E-state index is -0.835. The van der Waals surface area contributed by atoms with Gasteiger partial charge in [-0.1, -0.05) is 25.4 Å². The fourth-order valence-corrected chi connectivity index (χ4v) is 2.25. The van der Waals surface area contributed by atoms with Crippen LogP contribution in [0, 0.1) is 5.92 Å². The first kappa shape index (κ1) is 22.9. The molecule has 0 saturated carbocycles. The molecule has 3 amide bonds. The highest BCUT2D eigenvalue weighted by molar-refractivity contribution is 6.35. The van der Waals surface area contributed by atoms with Gasteiger partial charge in [-0.25, -0.2) is 5.43 Å². The maximum atomic E-state index is 11.9. The van der Waals surface area contributed by atoms with E-state index in [-0.39, 0.29) is 18.4 Å². The van der Waals surface area contributed by atoms with Crippen molar-refractivity contribution in [2.24, 2.45) is 11.0 Å². The first-order valence-electron chi connectivity index (χ1n) is 9.23. The summed E-state index contributed by atoms with van der Waals surface area (Å²) < 4.78 is 5.43. The number of hydrogen-bond acceptors (Lipinski definition) is 5.